The van der Waals surface area contributed by atoms with E-state index < -0.39 is 16.0 Å². The van der Waals surface area contributed by atoms with E-state index in [1.54, 1.807) is 36.5 Å². The maximum atomic E-state index is 12.0. The van der Waals surface area contributed by atoms with E-state index in [4.69, 9.17) is 0 Å². The Morgan fingerprint density at radius 1 is 1.13 bits per heavy atom. The van der Waals surface area contributed by atoms with Crippen LogP contribution < -0.4 is 0 Å². The number of carbonyl (C=O) groups excluding carboxylic acids is 1. The van der Waals surface area contributed by atoms with Crippen molar-refractivity contribution >= 4 is 16.0 Å². The van der Waals surface area contributed by atoms with Crippen LogP contribution in [0.15, 0.2) is 42.7 Å². The van der Waals surface area contributed by atoms with E-state index in [9.17, 15) is 13.2 Å². The summed E-state index contributed by atoms with van der Waals surface area (Å²) in [4.78, 5) is 19.6. The number of sulfonamides is 1. The van der Waals surface area contributed by atoms with Crippen LogP contribution in [0.5, 0.6) is 0 Å². The van der Waals surface area contributed by atoms with Crippen LogP contribution in [0.1, 0.15) is 21.7 Å². The minimum absolute atomic E-state index is 0.0941. The van der Waals surface area contributed by atoms with Crippen molar-refractivity contribution in [3.05, 3.63) is 59.7 Å². The molecule has 0 aliphatic rings. The van der Waals surface area contributed by atoms with Crippen LogP contribution in [-0.2, 0) is 27.8 Å². The predicted molar refractivity (Wildman–Crippen MR) is 83.9 cm³/mol. The van der Waals surface area contributed by atoms with E-state index in [-0.39, 0.29) is 13.1 Å². The highest BCUT2D eigenvalue weighted by Gasteiger charge is 2.19. The third-order valence-corrected chi connectivity index (χ3v) is 4.31. The number of nitrogens with zero attached hydrogens (tertiary/aromatic N) is 3. The van der Waals surface area contributed by atoms with Gasteiger partial charge in [-0.05, 0) is 24.3 Å². The van der Waals surface area contributed by atoms with Crippen LogP contribution in [-0.4, -0.2) is 42.0 Å². The first-order valence-electron chi connectivity index (χ1n) is 6.78. The fourth-order valence-electron chi connectivity index (χ4n) is 1.90. The summed E-state index contributed by atoms with van der Waals surface area (Å²) in [5, 5.41) is 0. The molecule has 0 fully saturated rings. The second-order valence-electron chi connectivity index (χ2n) is 4.88. The highest BCUT2D eigenvalue weighted by atomic mass is 32.2. The molecule has 0 saturated heterocycles. The first kappa shape index (κ1) is 17.0. The minimum atomic E-state index is -3.43. The smallest absolute Gasteiger partial charge is 0.339 e. The number of hydrogen-bond donors (Lipinski definition) is 0. The van der Waals surface area contributed by atoms with Crippen LogP contribution in [0.4, 0.5) is 0 Å². The Morgan fingerprint density at radius 2 is 1.83 bits per heavy atom. The number of pyridine rings is 2. The van der Waals surface area contributed by atoms with Gasteiger partial charge < -0.3 is 4.74 Å². The number of aromatic nitrogens is 2. The van der Waals surface area contributed by atoms with Gasteiger partial charge in [0.2, 0.25) is 10.0 Å². The van der Waals surface area contributed by atoms with E-state index in [1.807, 2.05) is 0 Å². The highest BCUT2D eigenvalue weighted by molar-refractivity contribution is 7.88. The molecule has 0 spiro atoms. The Bertz CT molecular complexity index is 761. The van der Waals surface area contributed by atoms with E-state index in [2.05, 4.69) is 14.7 Å². The average molecular weight is 335 g/mol. The Morgan fingerprint density at radius 3 is 2.30 bits per heavy atom. The molecule has 2 aromatic rings. The fraction of sp³-hybridized carbons (Fsp3) is 0.267. The van der Waals surface area contributed by atoms with E-state index in [1.165, 1.54) is 17.6 Å². The summed E-state index contributed by atoms with van der Waals surface area (Å²) in [6.07, 6.45) is 4.11. The maximum absolute atomic E-state index is 12.0. The zero-order chi connectivity index (χ0) is 16.9. The summed E-state index contributed by atoms with van der Waals surface area (Å²) >= 11 is 0. The number of esters is 1. The summed E-state index contributed by atoms with van der Waals surface area (Å²) in [5.74, 6) is -0.488. The molecule has 8 heteroatoms. The van der Waals surface area contributed by atoms with E-state index in [0.29, 0.717) is 17.0 Å². The van der Waals surface area contributed by atoms with Gasteiger partial charge in [-0.1, -0.05) is 6.07 Å². The molecule has 2 rings (SSSR count). The lowest BCUT2D eigenvalue weighted by molar-refractivity contribution is 0.0600. The molecule has 0 aromatic carbocycles. The Labute approximate surface area is 135 Å². The number of methoxy groups -OCH3 is 1. The van der Waals surface area contributed by atoms with Gasteiger partial charge in [-0.3, -0.25) is 9.97 Å². The number of hydrogen-bond acceptors (Lipinski definition) is 6. The van der Waals surface area contributed by atoms with Crippen molar-refractivity contribution < 1.29 is 17.9 Å². The first-order valence-corrected chi connectivity index (χ1v) is 8.63. The van der Waals surface area contributed by atoms with Crippen LogP contribution in [0.25, 0.3) is 0 Å². The van der Waals surface area contributed by atoms with Crippen LogP contribution in [0, 0.1) is 0 Å². The molecule has 0 radical (unpaired) electrons. The molecule has 7 nitrogen and oxygen atoms in total. The molecular weight excluding hydrogens is 318 g/mol. The summed E-state index contributed by atoms with van der Waals surface area (Å²) < 4.78 is 29.8. The van der Waals surface area contributed by atoms with Crippen molar-refractivity contribution in [2.75, 3.05) is 13.4 Å². The van der Waals surface area contributed by atoms with E-state index >= 15 is 0 Å². The Hall–Kier alpha value is -2.32. The van der Waals surface area contributed by atoms with Crippen molar-refractivity contribution in [3.8, 4) is 0 Å². The highest BCUT2D eigenvalue weighted by Crippen LogP contribution is 2.11. The monoisotopic (exact) mass is 335 g/mol. The SMILES string of the molecule is COC(=O)c1ccc(CN(Cc2ccccn2)S(C)(=O)=O)nc1. The van der Waals surface area contributed by atoms with Gasteiger partial charge in [-0.2, -0.15) is 4.31 Å². The second kappa shape index (κ2) is 7.30. The molecule has 2 aromatic heterocycles. The van der Waals surface area contributed by atoms with Crippen molar-refractivity contribution in [1.29, 1.82) is 0 Å². The van der Waals surface area contributed by atoms with Gasteiger partial charge >= 0.3 is 5.97 Å². The van der Waals surface area contributed by atoms with Crippen molar-refractivity contribution in [2.24, 2.45) is 0 Å². The van der Waals surface area contributed by atoms with E-state index in [0.717, 1.165) is 6.26 Å². The summed E-state index contributed by atoms with van der Waals surface area (Å²) in [6.45, 7) is 0.247. The summed E-state index contributed by atoms with van der Waals surface area (Å²) in [5.41, 5.74) is 1.48. The van der Waals surface area contributed by atoms with Gasteiger partial charge in [0.1, 0.15) is 0 Å². The van der Waals surface area contributed by atoms with Crippen LogP contribution in [0.3, 0.4) is 0 Å². The fourth-order valence-corrected chi connectivity index (χ4v) is 2.63. The van der Waals surface area contributed by atoms with Gasteiger partial charge in [0.25, 0.3) is 0 Å². The van der Waals surface area contributed by atoms with Crippen LogP contribution >= 0.6 is 0 Å². The van der Waals surface area contributed by atoms with Gasteiger partial charge in [0, 0.05) is 12.4 Å². The lowest BCUT2D eigenvalue weighted by atomic mass is 10.2. The molecule has 0 aliphatic heterocycles. The van der Waals surface area contributed by atoms with Gasteiger partial charge in [0.05, 0.1) is 43.4 Å². The quantitative estimate of drug-likeness (QED) is 0.738. The molecule has 0 N–H and O–H groups in total. The molecule has 23 heavy (non-hydrogen) atoms. The largest absolute Gasteiger partial charge is 0.465 e. The van der Waals surface area contributed by atoms with Crippen molar-refractivity contribution in [1.82, 2.24) is 14.3 Å². The Balaban J connectivity index is 2.17. The zero-order valence-corrected chi connectivity index (χ0v) is 13.7. The normalized spacial score (nSPS) is 11.4. The van der Waals surface area contributed by atoms with Gasteiger partial charge in [0.15, 0.2) is 0 Å². The molecule has 122 valence electrons. The molecule has 2 heterocycles. The first-order chi connectivity index (χ1) is 10.9. The summed E-state index contributed by atoms with van der Waals surface area (Å²) in [6, 6.07) is 8.47. The van der Waals surface area contributed by atoms with Crippen molar-refractivity contribution in [3.63, 3.8) is 0 Å². The Kier molecular flexibility index (Phi) is 5.41. The van der Waals surface area contributed by atoms with Gasteiger partial charge in [-0.25, -0.2) is 13.2 Å². The number of rotatable bonds is 6. The topological polar surface area (TPSA) is 89.5 Å². The number of ether oxygens (including phenoxy) is 1. The third-order valence-electron chi connectivity index (χ3n) is 3.12. The molecular formula is C15H17N3O4S. The molecule has 0 bridgehead atoms. The molecule has 0 saturated carbocycles. The summed E-state index contributed by atoms with van der Waals surface area (Å²) in [7, 11) is -2.14. The third kappa shape index (κ3) is 4.83. The molecule has 0 amide bonds. The van der Waals surface area contributed by atoms with Crippen LogP contribution in [0.2, 0.25) is 0 Å². The number of carbonyl (C=O) groups is 1. The molecule has 0 unspecified atom stereocenters. The average Bonchev–Trinajstić information content (AvgIpc) is 2.54. The standard InChI is InChI=1S/C15H17N3O4S/c1-22-15(19)12-6-7-14(17-9-12)11-18(23(2,20)21)10-13-5-3-4-8-16-13/h3-9H,10-11H2,1-2H3. The molecule has 0 atom stereocenters. The zero-order valence-electron chi connectivity index (χ0n) is 12.8. The molecule has 0 aliphatic carbocycles. The second-order valence-corrected chi connectivity index (χ2v) is 6.86. The van der Waals surface area contributed by atoms with Gasteiger partial charge in [-0.15, -0.1) is 0 Å². The predicted octanol–water partition coefficient (Wildman–Crippen LogP) is 1.22. The lowest BCUT2D eigenvalue weighted by Gasteiger charge is -2.19. The minimum Gasteiger partial charge on any atom is -0.465 e. The lowest BCUT2D eigenvalue weighted by Crippen LogP contribution is -2.29. The van der Waals surface area contributed by atoms with Crippen molar-refractivity contribution in [2.45, 2.75) is 13.1 Å². The maximum Gasteiger partial charge on any atom is 0.339 e.